The van der Waals surface area contributed by atoms with Gasteiger partial charge in [-0.15, -0.1) is 0 Å². The Labute approximate surface area is 100 Å². The summed E-state index contributed by atoms with van der Waals surface area (Å²) in [7, 11) is 0. The van der Waals surface area contributed by atoms with Crippen molar-refractivity contribution in [2.45, 2.75) is 38.3 Å². The SMILES string of the molecule is CCCSc1nc(N)c(C#N)c(CCC)n1. The number of anilines is 1. The minimum Gasteiger partial charge on any atom is -0.382 e. The molecule has 4 nitrogen and oxygen atoms in total. The van der Waals surface area contributed by atoms with E-state index >= 15 is 0 Å². The number of nitrogen functional groups attached to an aromatic ring is 1. The summed E-state index contributed by atoms with van der Waals surface area (Å²) >= 11 is 1.58. The Morgan fingerprint density at radius 1 is 1.31 bits per heavy atom. The van der Waals surface area contributed by atoms with E-state index < -0.39 is 0 Å². The highest BCUT2D eigenvalue weighted by Crippen LogP contribution is 2.20. The summed E-state index contributed by atoms with van der Waals surface area (Å²) in [6.45, 7) is 4.16. The second-order valence-corrected chi connectivity index (χ2v) is 4.49. The Bertz CT molecular complexity index is 398. The van der Waals surface area contributed by atoms with Crippen LogP contribution in [0.3, 0.4) is 0 Å². The second-order valence-electron chi connectivity index (χ2n) is 3.42. The van der Waals surface area contributed by atoms with E-state index in [1.54, 1.807) is 11.8 Å². The van der Waals surface area contributed by atoms with Crippen molar-refractivity contribution in [1.29, 1.82) is 5.26 Å². The van der Waals surface area contributed by atoms with Crippen LogP contribution in [0.5, 0.6) is 0 Å². The van der Waals surface area contributed by atoms with E-state index in [9.17, 15) is 0 Å². The molecule has 2 N–H and O–H groups in total. The van der Waals surface area contributed by atoms with Crippen LogP contribution in [-0.4, -0.2) is 15.7 Å². The van der Waals surface area contributed by atoms with Crippen molar-refractivity contribution in [3.8, 4) is 6.07 Å². The molecule has 0 aliphatic heterocycles. The number of nitrogens with zero attached hydrogens (tertiary/aromatic N) is 3. The summed E-state index contributed by atoms with van der Waals surface area (Å²) in [5, 5.41) is 9.66. The molecule has 5 heteroatoms. The van der Waals surface area contributed by atoms with Crippen molar-refractivity contribution < 1.29 is 0 Å². The van der Waals surface area contributed by atoms with Gasteiger partial charge in [0.15, 0.2) is 5.16 Å². The lowest BCUT2D eigenvalue weighted by molar-refractivity contribution is 0.825. The minimum absolute atomic E-state index is 0.305. The fraction of sp³-hybridized carbons (Fsp3) is 0.545. The molecule has 0 amide bonds. The molecular formula is C11H16N4S. The second kappa shape index (κ2) is 6.33. The molecule has 0 spiro atoms. The lowest BCUT2D eigenvalue weighted by atomic mass is 10.1. The lowest BCUT2D eigenvalue weighted by Crippen LogP contribution is -2.05. The maximum Gasteiger partial charge on any atom is 0.189 e. The molecule has 1 rings (SSSR count). The zero-order chi connectivity index (χ0) is 12.0. The average Bonchev–Trinajstić information content (AvgIpc) is 2.26. The van der Waals surface area contributed by atoms with Crippen LogP contribution in [0.25, 0.3) is 0 Å². The van der Waals surface area contributed by atoms with E-state index in [-0.39, 0.29) is 0 Å². The van der Waals surface area contributed by atoms with Crippen LogP contribution in [0, 0.1) is 11.3 Å². The number of thioether (sulfide) groups is 1. The van der Waals surface area contributed by atoms with Gasteiger partial charge in [-0.05, 0) is 12.8 Å². The molecule has 0 unspecified atom stereocenters. The first-order valence-corrected chi connectivity index (χ1v) is 6.40. The van der Waals surface area contributed by atoms with Gasteiger partial charge in [0.05, 0.1) is 5.69 Å². The molecule has 0 radical (unpaired) electrons. The highest BCUT2D eigenvalue weighted by Gasteiger charge is 2.11. The molecule has 0 fully saturated rings. The quantitative estimate of drug-likeness (QED) is 0.627. The molecule has 0 bridgehead atoms. The van der Waals surface area contributed by atoms with Gasteiger partial charge in [0.1, 0.15) is 17.5 Å². The topological polar surface area (TPSA) is 75.6 Å². The Balaban J connectivity index is 3.03. The number of aromatic nitrogens is 2. The van der Waals surface area contributed by atoms with Gasteiger partial charge in [-0.3, -0.25) is 0 Å². The molecule has 0 aliphatic carbocycles. The van der Waals surface area contributed by atoms with Crippen molar-refractivity contribution in [2.75, 3.05) is 11.5 Å². The zero-order valence-corrected chi connectivity index (χ0v) is 10.5. The highest BCUT2D eigenvalue weighted by molar-refractivity contribution is 7.99. The molecule has 1 aromatic heterocycles. The zero-order valence-electron chi connectivity index (χ0n) is 9.66. The first-order chi connectivity index (χ1) is 7.72. The predicted molar refractivity (Wildman–Crippen MR) is 66.2 cm³/mol. The maximum atomic E-state index is 8.98. The molecule has 0 saturated carbocycles. The van der Waals surface area contributed by atoms with Gasteiger partial charge in [-0.1, -0.05) is 32.0 Å². The summed E-state index contributed by atoms with van der Waals surface area (Å²) in [4.78, 5) is 8.51. The molecular weight excluding hydrogens is 220 g/mol. The normalized spacial score (nSPS) is 10.1. The number of aryl methyl sites for hydroxylation is 1. The predicted octanol–water partition coefficient (Wildman–Crippen LogP) is 2.39. The highest BCUT2D eigenvalue weighted by atomic mass is 32.2. The third kappa shape index (κ3) is 3.11. The van der Waals surface area contributed by atoms with Crippen LogP contribution in [-0.2, 0) is 6.42 Å². The van der Waals surface area contributed by atoms with Crippen molar-refractivity contribution in [3.63, 3.8) is 0 Å². The van der Waals surface area contributed by atoms with E-state index in [1.807, 2.05) is 0 Å². The Morgan fingerprint density at radius 2 is 2.06 bits per heavy atom. The van der Waals surface area contributed by atoms with Gasteiger partial charge in [-0.2, -0.15) is 5.26 Å². The number of nitrogens with two attached hydrogens (primary N) is 1. The lowest BCUT2D eigenvalue weighted by Gasteiger charge is -2.06. The first kappa shape index (κ1) is 12.8. The summed E-state index contributed by atoms with van der Waals surface area (Å²) in [6, 6.07) is 2.07. The summed E-state index contributed by atoms with van der Waals surface area (Å²) in [5.41, 5.74) is 6.95. The fourth-order valence-corrected chi connectivity index (χ4v) is 2.02. The molecule has 16 heavy (non-hydrogen) atoms. The molecule has 0 aromatic carbocycles. The van der Waals surface area contributed by atoms with Gasteiger partial charge in [0, 0.05) is 5.75 Å². The van der Waals surface area contributed by atoms with Crippen LogP contribution in [0.15, 0.2) is 5.16 Å². The largest absolute Gasteiger partial charge is 0.382 e. The Kier molecular flexibility index (Phi) is 5.06. The van der Waals surface area contributed by atoms with Crippen LogP contribution in [0.1, 0.15) is 37.9 Å². The van der Waals surface area contributed by atoms with Crippen LogP contribution < -0.4 is 5.73 Å². The van der Waals surface area contributed by atoms with Gasteiger partial charge in [-0.25, -0.2) is 9.97 Å². The molecule has 0 atom stereocenters. The van der Waals surface area contributed by atoms with E-state index in [0.29, 0.717) is 16.5 Å². The molecule has 1 aromatic rings. The minimum atomic E-state index is 0.305. The van der Waals surface area contributed by atoms with E-state index in [2.05, 4.69) is 29.9 Å². The third-order valence-corrected chi connectivity index (χ3v) is 3.08. The van der Waals surface area contributed by atoms with Gasteiger partial charge >= 0.3 is 0 Å². The Hall–Kier alpha value is -1.28. The van der Waals surface area contributed by atoms with E-state index in [1.165, 1.54) is 0 Å². The first-order valence-electron chi connectivity index (χ1n) is 5.42. The molecule has 1 heterocycles. The third-order valence-electron chi connectivity index (χ3n) is 2.03. The molecule has 0 aliphatic rings. The number of hydrogen-bond acceptors (Lipinski definition) is 5. The molecule has 86 valence electrons. The van der Waals surface area contributed by atoms with Crippen LogP contribution in [0.4, 0.5) is 5.82 Å². The fourth-order valence-electron chi connectivity index (χ4n) is 1.30. The Morgan fingerprint density at radius 3 is 2.62 bits per heavy atom. The number of nitriles is 1. The van der Waals surface area contributed by atoms with E-state index in [4.69, 9.17) is 11.0 Å². The summed E-state index contributed by atoms with van der Waals surface area (Å²) in [5.74, 6) is 1.27. The van der Waals surface area contributed by atoms with Crippen molar-refractivity contribution in [3.05, 3.63) is 11.3 Å². The van der Waals surface area contributed by atoms with Gasteiger partial charge in [0.25, 0.3) is 0 Å². The van der Waals surface area contributed by atoms with Crippen LogP contribution in [0.2, 0.25) is 0 Å². The smallest absolute Gasteiger partial charge is 0.189 e. The summed E-state index contributed by atoms with van der Waals surface area (Å²) in [6.07, 6.45) is 2.79. The van der Waals surface area contributed by atoms with Crippen molar-refractivity contribution in [1.82, 2.24) is 9.97 Å². The van der Waals surface area contributed by atoms with Crippen LogP contribution >= 0.6 is 11.8 Å². The molecule has 0 saturated heterocycles. The van der Waals surface area contributed by atoms with Crippen molar-refractivity contribution in [2.24, 2.45) is 0 Å². The summed E-state index contributed by atoms with van der Waals surface area (Å²) < 4.78 is 0. The van der Waals surface area contributed by atoms with Gasteiger partial charge in [0.2, 0.25) is 0 Å². The van der Waals surface area contributed by atoms with E-state index in [0.717, 1.165) is 30.7 Å². The standard InChI is InChI=1S/C11H16N4S/c1-3-5-9-8(7-12)10(13)15-11(14-9)16-6-4-2/h3-6H2,1-2H3,(H2,13,14,15). The number of hydrogen-bond donors (Lipinski definition) is 1. The maximum absolute atomic E-state index is 8.98. The van der Waals surface area contributed by atoms with Gasteiger partial charge < -0.3 is 5.73 Å². The van der Waals surface area contributed by atoms with Crippen molar-refractivity contribution >= 4 is 17.6 Å². The number of rotatable bonds is 5. The average molecular weight is 236 g/mol. The monoisotopic (exact) mass is 236 g/mol.